The van der Waals surface area contributed by atoms with Crippen molar-refractivity contribution in [3.8, 4) is 0 Å². The van der Waals surface area contributed by atoms with Crippen LogP contribution in [0.25, 0.3) is 0 Å². The van der Waals surface area contributed by atoms with Crippen molar-refractivity contribution in [3.05, 3.63) is 48.3 Å². The Morgan fingerprint density at radius 1 is 1.21 bits per heavy atom. The number of anilines is 2. The fraction of sp³-hybridized carbons (Fsp3) is 0.500. The van der Waals surface area contributed by atoms with Gasteiger partial charge in [0.15, 0.2) is 0 Å². The standard InChI is InChI=1S/C22H31N5O/c1-3-5-15-26(4-2)20-11-9-18(10-12-20)21(28)25-19-8-6-16-27(17-19)22-23-13-7-14-24-22/h7,9-14,19H,3-6,8,15-17H2,1-2H3,(H,25,28). The molecular weight excluding hydrogens is 350 g/mol. The van der Waals surface area contributed by atoms with Crippen LogP contribution in [0, 0.1) is 0 Å². The fourth-order valence-corrected chi connectivity index (χ4v) is 3.64. The number of nitrogens with one attached hydrogen (secondary N) is 1. The van der Waals surface area contributed by atoms with E-state index in [2.05, 4.69) is 51.1 Å². The summed E-state index contributed by atoms with van der Waals surface area (Å²) in [5, 5.41) is 3.18. The van der Waals surface area contributed by atoms with Gasteiger partial charge in [0.05, 0.1) is 0 Å². The highest BCUT2D eigenvalue weighted by molar-refractivity contribution is 5.94. The van der Waals surface area contributed by atoms with E-state index in [1.165, 1.54) is 18.5 Å². The molecule has 28 heavy (non-hydrogen) atoms. The largest absolute Gasteiger partial charge is 0.372 e. The highest BCUT2D eigenvalue weighted by atomic mass is 16.1. The van der Waals surface area contributed by atoms with Crippen molar-refractivity contribution in [2.45, 2.75) is 45.6 Å². The Bertz CT molecular complexity index is 734. The Labute approximate surface area is 168 Å². The van der Waals surface area contributed by atoms with E-state index in [-0.39, 0.29) is 11.9 Å². The molecule has 1 aromatic heterocycles. The molecule has 6 nitrogen and oxygen atoms in total. The van der Waals surface area contributed by atoms with E-state index >= 15 is 0 Å². The maximum absolute atomic E-state index is 12.7. The molecule has 1 fully saturated rings. The van der Waals surface area contributed by atoms with Gasteiger partial charge in [0.1, 0.15) is 0 Å². The topological polar surface area (TPSA) is 61.4 Å². The number of carbonyl (C=O) groups excluding carboxylic acids is 1. The highest BCUT2D eigenvalue weighted by Gasteiger charge is 2.23. The van der Waals surface area contributed by atoms with Crippen molar-refractivity contribution in [2.75, 3.05) is 36.0 Å². The van der Waals surface area contributed by atoms with Crippen molar-refractivity contribution < 1.29 is 4.79 Å². The number of amides is 1. The van der Waals surface area contributed by atoms with Gasteiger partial charge in [-0.25, -0.2) is 9.97 Å². The molecule has 3 rings (SSSR count). The minimum atomic E-state index is -0.0102. The van der Waals surface area contributed by atoms with Crippen molar-refractivity contribution in [2.24, 2.45) is 0 Å². The summed E-state index contributed by atoms with van der Waals surface area (Å²) in [7, 11) is 0. The molecule has 0 spiro atoms. The quantitative estimate of drug-likeness (QED) is 0.758. The lowest BCUT2D eigenvalue weighted by molar-refractivity contribution is 0.0933. The number of unbranched alkanes of at least 4 members (excludes halogenated alkanes) is 1. The van der Waals surface area contributed by atoms with Gasteiger partial charge in [-0.2, -0.15) is 0 Å². The van der Waals surface area contributed by atoms with E-state index in [9.17, 15) is 4.79 Å². The molecule has 1 aliphatic heterocycles. The number of rotatable bonds is 8. The first-order valence-electron chi connectivity index (χ1n) is 10.4. The molecule has 0 saturated carbocycles. The summed E-state index contributed by atoms with van der Waals surface area (Å²) < 4.78 is 0. The molecule has 1 unspecified atom stereocenters. The third-order valence-corrected chi connectivity index (χ3v) is 5.25. The molecule has 1 atom stereocenters. The fourth-order valence-electron chi connectivity index (χ4n) is 3.64. The Balaban J connectivity index is 1.58. The molecule has 0 radical (unpaired) electrons. The monoisotopic (exact) mass is 381 g/mol. The average Bonchev–Trinajstić information content (AvgIpc) is 2.75. The molecule has 1 amide bonds. The smallest absolute Gasteiger partial charge is 0.251 e. The van der Waals surface area contributed by atoms with Gasteiger partial charge in [-0.15, -0.1) is 0 Å². The van der Waals surface area contributed by atoms with Gasteiger partial charge in [0.2, 0.25) is 5.95 Å². The lowest BCUT2D eigenvalue weighted by atomic mass is 10.1. The lowest BCUT2D eigenvalue weighted by Crippen LogP contribution is -2.48. The SMILES string of the molecule is CCCCN(CC)c1ccc(C(=O)NC2CCCN(c3ncccn3)C2)cc1. The third kappa shape index (κ3) is 5.21. The van der Waals surface area contributed by atoms with E-state index in [1.54, 1.807) is 12.4 Å². The molecule has 150 valence electrons. The summed E-state index contributed by atoms with van der Waals surface area (Å²) in [6.45, 7) is 8.08. The van der Waals surface area contributed by atoms with Gasteiger partial charge in [-0.3, -0.25) is 4.79 Å². The maximum Gasteiger partial charge on any atom is 0.251 e. The normalized spacial score (nSPS) is 16.6. The molecular formula is C22H31N5O. The Morgan fingerprint density at radius 3 is 2.64 bits per heavy atom. The van der Waals surface area contributed by atoms with Crippen LogP contribution in [0.15, 0.2) is 42.7 Å². The predicted octanol–water partition coefficient (Wildman–Crippen LogP) is 3.50. The number of carbonyl (C=O) groups is 1. The summed E-state index contributed by atoms with van der Waals surface area (Å²) in [5.41, 5.74) is 1.89. The minimum absolute atomic E-state index is 0.0102. The summed E-state index contributed by atoms with van der Waals surface area (Å²) in [6, 6.07) is 9.90. The van der Waals surface area contributed by atoms with E-state index in [4.69, 9.17) is 0 Å². The molecule has 6 heteroatoms. The maximum atomic E-state index is 12.7. The minimum Gasteiger partial charge on any atom is -0.372 e. The van der Waals surface area contributed by atoms with Crippen molar-refractivity contribution in [1.82, 2.24) is 15.3 Å². The van der Waals surface area contributed by atoms with Gasteiger partial charge in [-0.1, -0.05) is 13.3 Å². The average molecular weight is 382 g/mol. The molecule has 1 saturated heterocycles. The van der Waals surface area contributed by atoms with Crippen LogP contribution < -0.4 is 15.1 Å². The zero-order valence-corrected chi connectivity index (χ0v) is 17.0. The van der Waals surface area contributed by atoms with Crippen LogP contribution in [0.5, 0.6) is 0 Å². The van der Waals surface area contributed by atoms with Crippen LogP contribution in [0.3, 0.4) is 0 Å². The van der Waals surface area contributed by atoms with Gasteiger partial charge in [0.25, 0.3) is 5.91 Å². The summed E-state index contributed by atoms with van der Waals surface area (Å²) in [5.74, 6) is 0.724. The summed E-state index contributed by atoms with van der Waals surface area (Å²) in [6.07, 6.45) is 7.87. The van der Waals surface area contributed by atoms with Crippen molar-refractivity contribution >= 4 is 17.5 Å². The molecule has 0 aliphatic carbocycles. The zero-order valence-electron chi connectivity index (χ0n) is 17.0. The second-order valence-electron chi connectivity index (χ2n) is 7.29. The second kappa shape index (κ2) is 10.1. The summed E-state index contributed by atoms with van der Waals surface area (Å²) in [4.78, 5) is 25.9. The lowest BCUT2D eigenvalue weighted by Gasteiger charge is -2.33. The molecule has 1 aromatic carbocycles. The first kappa shape index (κ1) is 20.1. The molecule has 0 bridgehead atoms. The Kier molecular flexibility index (Phi) is 7.23. The molecule has 2 heterocycles. The van der Waals surface area contributed by atoms with E-state index < -0.39 is 0 Å². The van der Waals surface area contributed by atoms with Crippen LogP contribution in [-0.4, -0.2) is 48.1 Å². The van der Waals surface area contributed by atoms with Gasteiger partial charge >= 0.3 is 0 Å². The number of hydrogen-bond donors (Lipinski definition) is 1. The number of benzene rings is 1. The molecule has 1 aliphatic rings. The van der Waals surface area contributed by atoms with E-state index in [1.807, 2.05) is 18.2 Å². The van der Waals surface area contributed by atoms with E-state index in [0.29, 0.717) is 5.56 Å². The first-order chi connectivity index (χ1) is 13.7. The van der Waals surface area contributed by atoms with Crippen molar-refractivity contribution in [3.63, 3.8) is 0 Å². The zero-order chi connectivity index (χ0) is 19.8. The van der Waals surface area contributed by atoms with Crippen LogP contribution >= 0.6 is 0 Å². The number of hydrogen-bond acceptors (Lipinski definition) is 5. The second-order valence-corrected chi connectivity index (χ2v) is 7.29. The number of piperidine rings is 1. The molecule has 2 aromatic rings. The van der Waals surface area contributed by atoms with Gasteiger partial charge in [0, 0.05) is 55.9 Å². The van der Waals surface area contributed by atoms with Gasteiger partial charge in [-0.05, 0) is 56.5 Å². The van der Waals surface area contributed by atoms with Crippen LogP contribution in [0.1, 0.15) is 49.9 Å². The summed E-state index contributed by atoms with van der Waals surface area (Å²) >= 11 is 0. The predicted molar refractivity (Wildman–Crippen MR) is 114 cm³/mol. The van der Waals surface area contributed by atoms with Gasteiger partial charge < -0.3 is 15.1 Å². The van der Waals surface area contributed by atoms with Crippen LogP contribution in [0.2, 0.25) is 0 Å². The Morgan fingerprint density at radius 2 is 1.96 bits per heavy atom. The first-order valence-corrected chi connectivity index (χ1v) is 10.4. The molecule has 1 N–H and O–H groups in total. The third-order valence-electron chi connectivity index (χ3n) is 5.25. The van der Waals surface area contributed by atoms with Crippen LogP contribution in [0.4, 0.5) is 11.6 Å². The van der Waals surface area contributed by atoms with Crippen LogP contribution in [-0.2, 0) is 0 Å². The highest BCUT2D eigenvalue weighted by Crippen LogP contribution is 2.18. The Hall–Kier alpha value is -2.63. The number of nitrogens with zero attached hydrogens (tertiary/aromatic N) is 4. The number of aromatic nitrogens is 2. The van der Waals surface area contributed by atoms with E-state index in [0.717, 1.165) is 45.0 Å². The van der Waals surface area contributed by atoms with Crippen molar-refractivity contribution in [1.29, 1.82) is 0 Å².